The topological polar surface area (TPSA) is 18.5 Å². The lowest BCUT2D eigenvalue weighted by molar-refractivity contribution is 0.312. The average Bonchev–Trinajstić information content (AvgIpc) is 3.31. The van der Waals surface area contributed by atoms with E-state index in [0.29, 0.717) is 6.04 Å². The van der Waals surface area contributed by atoms with Crippen molar-refractivity contribution >= 4 is 28.7 Å². The summed E-state index contributed by atoms with van der Waals surface area (Å²) in [4.78, 5) is 4.96. The minimum atomic E-state index is 0.543. The fraction of sp³-hybridized carbons (Fsp3) is 0.500. The quantitative estimate of drug-likeness (QED) is 0.563. The second-order valence-electron chi connectivity index (χ2n) is 8.65. The number of nitrogens with one attached hydrogen (secondary N) is 1. The summed E-state index contributed by atoms with van der Waals surface area (Å²) in [7, 11) is 0. The molecular formula is C26H35N3S. The van der Waals surface area contributed by atoms with Gasteiger partial charge in [0.1, 0.15) is 0 Å². The van der Waals surface area contributed by atoms with E-state index in [1.807, 2.05) is 0 Å². The maximum Gasteiger partial charge on any atom is 0.173 e. The van der Waals surface area contributed by atoms with E-state index in [1.54, 1.807) is 0 Å². The van der Waals surface area contributed by atoms with E-state index in [4.69, 9.17) is 12.2 Å². The molecule has 0 bridgehead atoms. The number of aryl methyl sites for hydroxylation is 2. The number of fused-ring (bicyclic) bond motifs is 1. The van der Waals surface area contributed by atoms with Gasteiger partial charge in [0.2, 0.25) is 0 Å². The third kappa shape index (κ3) is 4.64. The number of thiocarbonyl (C=S) groups is 1. The number of para-hydroxylation sites is 1. The highest BCUT2D eigenvalue weighted by Crippen LogP contribution is 2.30. The Labute approximate surface area is 187 Å². The van der Waals surface area contributed by atoms with Crippen molar-refractivity contribution in [2.75, 3.05) is 23.3 Å². The standard InChI is InChI=1S/C26H35N3S/c1-3-21-10-5-8-14-24(21)27-26(30)29(23-12-6-7-13-23)19-20-15-16-25-22(18-20)11-9-17-28(25)4-2/h5,8,10,14-16,18,23H,3-4,6-7,9,11-13,17,19H2,1-2H3,(H,27,30). The second kappa shape index (κ2) is 9.82. The van der Waals surface area contributed by atoms with Crippen molar-refractivity contribution in [1.29, 1.82) is 0 Å². The summed E-state index contributed by atoms with van der Waals surface area (Å²) in [5.41, 5.74) is 6.78. The lowest BCUT2D eigenvalue weighted by atomic mass is 9.98. The second-order valence-corrected chi connectivity index (χ2v) is 9.04. The Bertz CT molecular complexity index is 872. The van der Waals surface area contributed by atoms with E-state index in [0.717, 1.165) is 30.3 Å². The Morgan fingerprint density at radius 1 is 1.10 bits per heavy atom. The first kappa shape index (κ1) is 21.2. The molecule has 0 saturated heterocycles. The number of nitrogens with zero attached hydrogens (tertiary/aromatic N) is 2. The van der Waals surface area contributed by atoms with Crippen molar-refractivity contribution in [2.45, 2.75) is 71.4 Å². The molecule has 1 heterocycles. The Hall–Kier alpha value is -2.07. The summed E-state index contributed by atoms with van der Waals surface area (Å²) in [5, 5.41) is 4.46. The molecule has 30 heavy (non-hydrogen) atoms. The van der Waals surface area contributed by atoms with Crippen molar-refractivity contribution in [3.05, 3.63) is 59.2 Å². The first-order valence-electron chi connectivity index (χ1n) is 11.7. The number of hydrogen-bond acceptors (Lipinski definition) is 2. The summed E-state index contributed by atoms with van der Waals surface area (Å²) in [6.07, 6.45) is 8.56. The molecule has 2 aromatic carbocycles. The predicted octanol–water partition coefficient (Wildman–Crippen LogP) is 6.16. The molecule has 2 aromatic rings. The van der Waals surface area contributed by atoms with Gasteiger partial charge in [-0.3, -0.25) is 0 Å². The summed E-state index contributed by atoms with van der Waals surface area (Å²) >= 11 is 5.97. The summed E-state index contributed by atoms with van der Waals surface area (Å²) in [6, 6.07) is 16.2. The fourth-order valence-corrected chi connectivity index (χ4v) is 5.40. The van der Waals surface area contributed by atoms with Crippen LogP contribution >= 0.6 is 12.2 Å². The molecule has 1 fully saturated rings. The smallest absolute Gasteiger partial charge is 0.173 e. The van der Waals surface area contributed by atoms with Crippen molar-refractivity contribution in [1.82, 2.24) is 4.90 Å². The summed E-state index contributed by atoms with van der Waals surface area (Å²) in [5.74, 6) is 0. The van der Waals surface area contributed by atoms with Crippen LogP contribution in [-0.2, 0) is 19.4 Å². The molecule has 4 heteroatoms. The molecule has 160 valence electrons. The first-order valence-corrected chi connectivity index (χ1v) is 12.1. The van der Waals surface area contributed by atoms with E-state index < -0.39 is 0 Å². The zero-order valence-corrected chi connectivity index (χ0v) is 19.3. The van der Waals surface area contributed by atoms with Crippen LogP contribution in [0.3, 0.4) is 0 Å². The molecule has 0 spiro atoms. The normalized spacial score (nSPS) is 16.4. The maximum absolute atomic E-state index is 5.97. The molecule has 4 rings (SSSR count). The van der Waals surface area contributed by atoms with Crippen molar-refractivity contribution in [2.24, 2.45) is 0 Å². The Morgan fingerprint density at radius 3 is 2.67 bits per heavy atom. The molecule has 3 nitrogen and oxygen atoms in total. The van der Waals surface area contributed by atoms with Crippen LogP contribution in [0.1, 0.15) is 62.6 Å². The van der Waals surface area contributed by atoms with Gasteiger partial charge in [-0.25, -0.2) is 0 Å². The molecular weight excluding hydrogens is 386 g/mol. The largest absolute Gasteiger partial charge is 0.372 e. The molecule has 1 N–H and O–H groups in total. The number of anilines is 2. The van der Waals surface area contributed by atoms with E-state index in [2.05, 4.69) is 71.4 Å². The van der Waals surface area contributed by atoms with Gasteiger partial charge in [0, 0.05) is 37.1 Å². The highest BCUT2D eigenvalue weighted by atomic mass is 32.1. The SMILES string of the molecule is CCc1ccccc1NC(=S)N(Cc1ccc2c(c1)CCCN2CC)C1CCCC1. The minimum Gasteiger partial charge on any atom is -0.372 e. The van der Waals surface area contributed by atoms with Crippen LogP contribution in [0, 0.1) is 0 Å². The third-order valence-corrected chi connectivity index (χ3v) is 7.10. The van der Waals surface area contributed by atoms with Gasteiger partial charge in [-0.1, -0.05) is 50.1 Å². The van der Waals surface area contributed by atoms with E-state index >= 15 is 0 Å². The molecule has 1 aliphatic carbocycles. The third-order valence-electron chi connectivity index (χ3n) is 6.76. The summed E-state index contributed by atoms with van der Waals surface area (Å²) in [6.45, 7) is 7.62. The number of hydrogen-bond donors (Lipinski definition) is 1. The molecule has 1 saturated carbocycles. The zero-order chi connectivity index (χ0) is 20.9. The van der Waals surface area contributed by atoms with Gasteiger partial charge in [0.05, 0.1) is 0 Å². The molecule has 0 unspecified atom stereocenters. The van der Waals surface area contributed by atoms with Crippen LogP contribution in [0.4, 0.5) is 11.4 Å². The zero-order valence-electron chi connectivity index (χ0n) is 18.5. The van der Waals surface area contributed by atoms with Gasteiger partial charge in [-0.15, -0.1) is 0 Å². The van der Waals surface area contributed by atoms with Crippen LogP contribution < -0.4 is 10.2 Å². The van der Waals surface area contributed by atoms with Crippen LogP contribution in [0.25, 0.3) is 0 Å². The fourth-order valence-electron chi connectivity index (χ4n) is 5.07. The van der Waals surface area contributed by atoms with Crippen LogP contribution in [0.15, 0.2) is 42.5 Å². The maximum atomic E-state index is 5.97. The molecule has 0 aromatic heterocycles. The molecule has 2 aliphatic rings. The van der Waals surface area contributed by atoms with Gasteiger partial charge in [-0.05, 0) is 80.1 Å². The van der Waals surface area contributed by atoms with Gasteiger partial charge < -0.3 is 15.1 Å². The van der Waals surface area contributed by atoms with Gasteiger partial charge in [0.15, 0.2) is 5.11 Å². The van der Waals surface area contributed by atoms with E-state index in [-0.39, 0.29) is 0 Å². The monoisotopic (exact) mass is 421 g/mol. The van der Waals surface area contributed by atoms with Crippen molar-refractivity contribution in [3.8, 4) is 0 Å². The Morgan fingerprint density at radius 2 is 1.90 bits per heavy atom. The molecule has 0 atom stereocenters. The van der Waals surface area contributed by atoms with Crippen LogP contribution in [0.5, 0.6) is 0 Å². The lowest BCUT2D eigenvalue weighted by Gasteiger charge is -2.34. The van der Waals surface area contributed by atoms with Gasteiger partial charge >= 0.3 is 0 Å². The first-order chi connectivity index (χ1) is 14.7. The molecule has 0 amide bonds. The highest BCUT2D eigenvalue weighted by Gasteiger charge is 2.26. The van der Waals surface area contributed by atoms with Crippen LogP contribution in [0.2, 0.25) is 0 Å². The Balaban J connectivity index is 1.55. The molecule has 1 aliphatic heterocycles. The van der Waals surface area contributed by atoms with Crippen molar-refractivity contribution < 1.29 is 0 Å². The number of benzene rings is 2. The highest BCUT2D eigenvalue weighted by molar-refractivity contribution is 7.80. The van der Waals surface area contributed by atoms with Gasteiger partial charge in [0.25, 0.3) is 0 Å². The van der Waals surface area contributed by atoms with Gasteiger partial charge in [-0.2, -0.15) is 0 Å². The van der Waals surface area contributed by atoms with Crippen LogP contribution in [-0.4, -0.2) is 29.1 Å². The molecule has 0 radical (unpaired) electrons. The number of rotatable bonds is 6. The average molecular weight is 422 g/mol. The summed E-state index contributed by atoms with van der Waals surface area (Å²) < 4.78 is 0. The van der Waals surface area contributed by atoms with Crippen molar-refractivity contribution in [3.63, 3.8) is 0 Å². The predicted molar refractivity (Wildman–Crippen MR) is 132 cm³/mol. The lowest BCUT2D eigenvalue weighted by Crippen LogP contribution is -2.41. The van der Waals surface area contributed by atoms with E-state index in [9.17, 15) is 0 Å². The minimum absolute atomic E-state index is 0.543. The van der Waals surface area contributed by atoms with E-state index in [1.165, 1.54) is 67.4 Å². The Kier molecular flexibility index (Phi) is 6.93.